The second-order valence-electron chi connectivity index (χ2n) is 6.36. The highest BCUT2D eigenvalue weighted by atomic mass is 16.6. The number of aryl methyl sites for hydroxylation is 2. The van der Waals surface area contributed by atoms with E-state index < -0.39 is 0 Å². The molecule has 0 amide bonds. The minimum absolute atomic E-state index is 0.00870. The van der Waals surface area contributed by atoms with Crippen molar-refractivity contribution in [3.63, 3.8) is 0 Å². The zero-order chi connectivity index (χ0) is 19.6. The van der Waals surface area contributed by atoms with Crippen LogP contribution in [0, 0.1) is 13.8 Å². The van der Waals surface area contributed by atoms with Crippen LogP contribution in [0.1, 0.15) is 48.6 Å². The molecule has 0 heterocycles. The molecule has 27 heavy (non-hydrogen) atoms. The molecule has 0 saturated heterocycles. The summed E-state index contributed by atoms with van der Waals surface area (Å²) in [6.45, 7) is 8.80. The Morgan fingerprint density at radius 3 is 2.30 bits per heavy atom. The Morgan fingerprint density at radius 2 is 1.74 bits per heavy atom. The Morgan fingerprint density at radius 1 is 1.07 bits per heavy atom. The third kappa shape index (κ3) is 5.88. The SMILES string of the molecule is C/C=C/COc1cc(C)c(OC(CC)c2ccc(/C=N/OC)cc2)c(C)c1. The van der Waals surface area contributed by atoms with Gasteiger partial charge in [-0.3, -0.25) is 0 Å². The Bertz CT molecular complexity index is 756. The zero-order valence-electron chi connectivity index (χ0n) is 16.9. The number of hydrogen-bond donors (Lipinski definition) is 0. The van der Waals surface area contributed by atoms with Crippen LogP contribution in [0.3, 0.4) is 0 Å². The molecule has 2 aromatic carbocycles. The van der Waals surface area contributed by atoms with Gasteiger partial charge in [0.25, 0.3) is 0 Å². The lowest BCUT2D eigenvalue weighted by Crippen LogP contribution is -2.09. The molecule has 4 heteroatoms. The van der Waals surface area contributed by atoms with Crippen molar-refractivity contribution in [1.82, 2.24) is 0 Å². The monoisotopic (exact) mass is 367 g/mol. The van der Waals surface area contributed by atoms with Crippen molar-refractivity contribution in [2.45, 2.75) is 40.2 Å². The van der Waals surface area contributed by atoms with Crippen molar-refractivity contribution in [2.75, 3.05) is 13.7 Å². The Labute approximate surface area is 162 Å². The highest BCUT2D eigenvalue weighted by Gasteiger charge is 2.15. The molecule has 0 bridgehead atoms. The average Bonchev–Trinajstić information content (AvgIpc) is 2.67. The molecule has 0 spiro atoms. The molecule has 4 nitrogen and oxygen atoms in total. The fraction of sp³-hybridized carbons (Fsp3) is 0.348. The maximum Gasteiger partial charge on any atom is 0.126 e. The quantitative estimate of drug-likeness (QED) is 0.321. The number of ether oxygens (including phenoxy) is 2. The molecule has 0 saturated carbocycles. The molecule has 2 rings (SSSR count). The van der Waals surface area contributed by atoms with Crippen LogP contribution in [-0.2, 0) is 4.84 Å². The summed E-state index contributed by atoms with van der Waals surface area (Å²) < 4.78 is 12.1. The summed E-state index contributed by atoms with van der Waals surface area (Å²) in [6.07, 6.45) is 6.53. The van der Waals surface area contributed by atoms with Crippen LogP contribution in [0.2, 0.25) is 0 Å². The van der Waals surface area contributed by atoms with Crippen LogP contribution in [-0.4, -0.2) is 19.9 Å². The minimum Gasteiger partial charge on any atom is -0.490 e. The molecule has 0 aliphatic rings. The van der Waals surface area contributed by atoms with E-state index >= 15 is 0 Å². The second kappa shape index (κ2) is 10.4. The number of oxime groups is 1. The molecular formula is C23H29NO3. The van der Waals surface area contributed by atoms with Gasteiger partial charge < -0.3 is 14.3 Å². The topological polar surface area (TPSA) is 40.0 Å². The van der Waals surface area contributed by atoms with Gasteiger partial charge in [0.1, 0.15) is 31.3 Å². The first kappa shape index (κ1) is 20.6. The lowest BCUT2D eigenvalue weighted by Gasteiger charge is -2.22. The van der Waals surface area contributed by atoms with Crippen LogP contribution in [0.5, 0.6) is 11.5 Å². The summed E-state index contributed by atoms with van der Waals surface area (Å²) >= 11 is 0. The van der Waals surface area contributed by atoms with Crippen molar-refractivity contribution in [3.8, 4) is 11.5 Å². The van der Waals surface area contributed by atoms with Gasteiger partial charge in [0.2, 0.25) is 0 Å². The van der Waals surface area contributed by atoms with E-state index in [0.717, 1.165) is 40.2 Å². The highest BCUT2D eigenvalue weighted by molar-refractivity contribution is 5.79. The smallest absolute Gasteiger partial charge is 0.126 e. The van der Waals surface area contributed by atoms with Gasteiger partial charge in [-0.25, -0.2) is 0 Å². The van der Waals surface area contributed by atoms with E-state index in [0.29, 0.717) is 6.61 Å². The summed E-state index contributed by atoms with van der Waals surface area (Å²) in [5.41, 5.74) is 4.28. The third-order valence-corrected chi connectivity index (χ3v) is 4.26. The summed E-state index contributed by atoms with van der Waals surface area (Å²) in [6, 6.07) is 12.2. The van der Waals surface area contributed by atoms with E-state index in [1.54, 1.807) is 6.21 Å². The van der Waals surface area contributed by atoms with Crippen molar-refractivity contribution in [3.05, 3.63) is 70.8 Å². The van der Waals surface area contributed by atoms with Gasteiger partial charge >= 0.3 is 0 Å². The lowest BCUT2D eigenvalue weighted by atomic mass is 10.0. The normalized spacial score (nSPS) is 12.5. The molecule has 144 valence electrons. The fourth-order valence-electron chi connectivity index (χ4n) is 2.86. The number of hydrogen-bond acceptors (Lipinski definition) is 4. The van der Waals surface area contributed by atoms with Gasteiger partial charge in [-0.2, -0.15) is 0 Å². The summed E-state index contributed by atoms with van der Waals surface area (Å²) in [5.74, 6) is 1.79. The molecule has 0 radical (unpaired) electrons. The molecule has 0 aliphatic carbocycles. The van der Waals surface area contributed by atoms with Gasteiger partial charge in [-0.05, 0) is 61.6 Å². The maximum absolute atomic E-state index is 6.39. The molecular weight excluding hydrogens is 338 g/mol. The average molecular weight is 367 g/mol. The van der Waals surface area contributed by atoms with E-state index in [1.165, 1.54) is 7.11 Å². The number of allylic oxidation sites excluding steroid dienone is 1. The highest BCUT2D eigenvalue weighted by Crippen LogP contribution is 2.33. The number of nitrogens with zero attached hydrogens (tertiary/aromatic N) is 1. The van der Waals surface area contributed by atoms with E-state index in [4.69, 9.17) is 14.3 Å². The summed E-state index contributed by atoms with van der Waals surface area (Å²) in [4.78, 5) is 4.72. The summed E-state index contributed by atoms with van der Waals surface area (Å²) in [7, 11) is 1.54. The Hall–Kier alpha value is -2.75. The van der Waals surface area contributed by atoms with Gasteiger partial charge in [0.15, 0.2) is 0 Å². The van der Waals surface area contributed by atoms with Crippen molar-refractivity contribution in [1.29, 1.82) is 0 Å². The fourth-order valence-corrected chi connectivity index (χ4v) is 2.86. The van der Waals surface area contributed by atoms with E-state index in [-0.39, 0.29) is 6.10 Å². The standard InChI is InChI=1S/C23H29NO3/c1-6-8-13-26-21-14-17(3)23(18(4)15-21)27-22(7-2)20-11-9-19(10-12-20)16-24-25-5/h6,8-12,14-16,22H,7,13H2,1-5H3/b8-6+,24-16+. The third-order valence-electron chi connectivity index (χ3n) is 4.26. The number of benzene rings is 2. The first-order valence-electron chi connectivity index (χ1n) is 9.27. The predicted octanol–water partition coefficient (Wildman–Crippen LogP) is 5.77. The first-order valence-corrected chi connectivity index (χ1v) is 9.27. The van der Waals surface area contributed by atoms with Crippen LogP contribution in [0.15, 0.2) is 53.7 Å². The first-order chi connectivity index (χ1) is 13.1. The van der Waals surface area contributed by atoms with Crippen molar-refractivity contribution < 1.29 is 14.3 Å². The zero-order valence-corrected chi connectivity index (χ0v) is 16.9. The molecule has 1 unspecified atom stereocenters. The molecule has 0 aliphatic heterocycles. The van der Waals surface area contributed by atoms with Crippen LogP contribution >= 0.6 is 0 Å². The molecule has 0 N–H and O–H groups in total. The second-order valence-corrected chi connectivity index (χ2v) is 6.36. The Kier molecular flexibility index (Phi) is 7.93. The van der Waals surface area contributed by atoms with E-state index in [9.17, 15) is 0 Å². The van der Waals surface area contributed by atoms with Gasteiger partial charge in [0.05, 0.1) is 6.21 Å². The van der Waals surface area contributed by atoms with Gasteiger partial charge in [-0.1, -0.05) is 48.5 Å². The van der Waals surface area contributed by atoms with Crippen LogP contribution < -0.4 is 9.47 Å². The predicted molar refractivity (Wildman–Crippen MR) is 111 cm³/mol. The summed E-state index contributed by atoms with van der Waals surface area (Å²) in [5, 5.41) is 3.79. The van der Waals surface area contributed by atoms with Crippen LogP contribution in [0.4, 0.5) is 0 Å². The van der Waals surface area contributed by atoms with Crippen molar-refractivity contribution >= 4 is 6.21 Å². The Balaban J connectivity index is 2.16. The molecule has 2 aromatic rings. The lowest BCUT2D eigenvalue weighted by molar-refractivity contribution is 0.198. The van der Waals surface area contributed by atoms with Crippen molar-refractivity contribution in [2.24, 2.45) is 5.16 Å². The largest absolute Gasteiger partial charge is 0.490 e. The van der Waals surface area contributed by atoms with Gasteiger partial charge in [0, 0.05) is 0 Å². The van der Waals surface area contributed by atoms with Gasteiger partial charge in [-0.15, -0.1) is 0 Å². The van der Waals surface area contributed by atoms with E-state index in [1.807, 2.05) is 43.3 Å². The maximum atomic E-state index is 6.39. The molecule has 1 atom stereocenters. The number of rotatable bonds is 9. The molecule has 0 fully saturated rings. The van der Waals surface area contributed by atoms with Crippen LogP contribution in [0.25, 0.3) is 0 Å². The molecule has 0 aromatic heterocycles. The minimum atomic E-state index is -0.00870. The van der Waals surface area contributed by atoms with E-state index in [2.05, 4.69) is 38.1 Å².